The van der Waals surface area contributed by atoms with E-state index in [0.717, 1.165) is 37.6 Å². The van der Waals surface area contributed by atoms with Crippen molar-refractivity contribution in [3.05, 3.63) is 23.8 Å². The predicted molar refractivity (Wildman–Crippen MR) is 82.0 cm³/mol. The van der Waals surface area contributed by atoms with Crippen molar-refractivity contribution in [2.45, 2.75) is 6.42 Å². The zero-order valence-corrected chi connectivity index (χ0v) is 12.4. The van der Waals surface area contributed by atoms with Gasteiger partial charge in [0.05, 0.1) is 32.6 Å². The van der Waals surface area contributed by atoms with Gasteiger partial charge >= 0.3 is 0 Å². The molecule has 0 aromatic heterocycles. The van der Waals surface area contributed by atoms with Crippen LogP contribution in [0.4, 0.5) is 5.69 Å². The molecular weight excluding hydrogens is 284 g/mol. The number of nitrogens with zero attached hydrogens (tertiary/aromatic N) is 3. The molecular formula is C15H18N4O3. The number of hydrogen-bond acceptors (Lipinski definition) is 6. The molecule has 1 aliphatic heterocycles. The summed E-state index contributed by atoms with van der Waals surface area (Å²) in [5.74, 6) is 0.227. The van der Waals surface area contributed by atoms with Gasteiger partial charge in [-0.15, -0.1) is 0 Å². The topological polar surface area (TPSA) is 87.0 Å². The van der Waals surface area contributed by atoms with Gasteiger partial charge in [0.2, 0.25) is 0 Å². The molecule has 7 heteroatoms. The smallest absolute Gasteiger partial charge is 0.254 e. The molecule has 1 aromatic carbocycles. The molecule has 0 spiro atoms. The van der Waals surface area contributed by atoms with Crippen molar-refractivity contribution in [2.24, 2.45) is 5.10 Å². The fourth-order valence-corrected chi connectivity index (χ4v) is 2.11. The highest BCUT2D eigenvalue weighted by molar-refractivity contribution is 5.86. The van der Waals surface area contributed by atoms with E-state index >= 15 is 0 Å². The van der Waals surface area contributed by atoms with Crippen molar-refractivity contribution in [1.82, 2.24) is 5.43 Å². The number of ether oxygens (including phenoxy) is 2. The number of anilines is 1. The van der Waals surface area contributed by atoms with E-state index in [1.54, 1.807) is 13.2 Å². The maximum Gasteiger partial charge on any atom is 0.254 e. The monoisotopic (exact) mass is 302 g/mol. The second-order valence-corrected chi connectivity index (χ2v) is 4.65. The van der Waals surface area contributed by atoms with Crippen molar-refractivity contribution in [1.29, 1.82) is 5.26 Å². The van der Waals surface area contributed by atoms with Crippen molar-refractivity contribution in [3.8, 4) is 11.8 Å². The minimum atomic E-state index is -0.442. The van der Waals surface area contributed by atoms with Crippen LogP contribution in [0.3, 0.4) is 0 Å². The molecule has 22 heavy (non-hydrogen) atoms. The predicted octanol–water partition coefficient (Wildman–Crippen LogP) is 0.896. The summed E-state index contributed by atoms with van der Waals surface area (Å²) >= 11 is 0. The Bertz CT molecular complexity index is 589. The average molecular weight is 302 g/mol. The van der Waals surface area contributed by atoms with Crippen LogP contribution in [0, 0.1) is 11.3 Å². The van der Waals surface area contributed by atoms with Gasteiger partial charge in [0, 0.05) is 30.4 Å². The van der Waals surface area contributed by atoms with E-state index in [-0.39, 0.29) is 6.42 Å². The van der Waals surface area contributed by atoms with Gasteiger partial charge in [0.1, 0.15) is 12.2 Å². The van der Waals surface area contributed by atoms with Crippen LogP contribution in [-0.2, 0) is 9.53 Å². The molecule has 1 saturated heterocycles. The number of hydrogen-bond donors (Lipinski definition) is 1. The number of rotatable bonds is 5. The molecule has 0 radical (unpaired) electrons. The lowest BCUT2D eigenvalue weighted by atomic mass is 10.1. The summed E-state index contributed by atoms with van der Waals surface area (Å²) in [6.45, 7) is 3.13. The van der Waals surface area contributed by atoms with E-state index in [1.807, 2.05) is 18.2 Å². The first-order valence-electron chi connectivity index (χ1n) is 6.94. The highest BCUT2D eigenvalue weighted by Crippen LogP contribution is 2.25. The van der Waals surface area contributed by atoms with Crippen LogP contribution in [0.25, 0.3) is 0 Å². The molecule has 0 atom stereocenters. The van der Waals surface area contributed by atoms with Gasteiger partial charge < -0.3 is 14.4 Å². The quantitative estimate of drug-likeness (QED) is 0.645. The van der Waals surface area contributed by atoms with Crippen LogP contribution in [0.1, 0.15) is 12.0 Å². The van der Waals surface area contributed by atoms with Crippen molar-refractivity contribution in [2.75, 3.05) is 38.3 Å². The minimum absolute atomic E-state index is 0.218. The lowest BCUT2D eigenvalue weighted by Gasteiger charge is -2.29. The molecule has 1 aliphatic rings. The number of carbonyl (C=O) groups is 1. The Hall–Kier alpha value is -2.59. The summed E-state index contributed by atoms with van der Waals surface area (Å²) in [4.78, 5) is 13.4. The second-order valence-electron chi connectivity index (χ2n) is 4.65. The maximum absolute atomic E-state index is 11.2. The number of nitriles is 1. The molecule has 116 valence electrons. The number of nitrogens with one attached hydrogen (secondary N) is 1. The molecule has 0 bridgehead atoms. The van der Waals surface area contributed by atoms with E-state index in [9.17, 15) is 4.79 Å². The largest absolute Gasteiger partial charge is 0.496 e. The van der Waals surface area contributed by atoms with Gasteiger partial charge in [0.15, 0.2) is 0 Å². The van der Waals surface area contributed by atoms with Gasteiger partial charge in [-0.2, -0.15) is 10.4 Å². The van der Waals surface area contributed by atoms with Crippen LogP contribution in [-0.4, -0.2) is 45.5 Å². The van der Waals surface area contributed by atoms with Gasteiger partial charge in [-0.1, -0.05) is 0 Å². The third kappa shape index (κ3) is 4.20. The lowest BCUT2D eigenvalue weighted by molar-refractivity contribution is -0.120. The molecule has 0 unspecified atom stereocenters. The molecule has 2 rings (SSSR count). The number of amides is 1. The number of hydrazone groups is 1. The standard InChI is InChI=1S/C15H18N4O3/c1-21-14-10-13(19-6-8-22-9-7-19)3-2-12(14)11-17-18-15(20)4-5-16/h2-3,10-11H,4,6-9H2,1H3,(H,18,20)/b17-11-. The van der Waals surface area contributed by atoms with E-state index in [0.29, 0.717) is 5.75 Å². The van der Waals surface area contributed by atoms with Gasteiger partial charge in [-0.05, 0) is 12.1 Å². The Kier molecular flexibility index (Phi) is 5.74. The summed E-state index contributed by atoms with van der Waals surface area (Å²) in [5, 5.41) is 12.2. The molecule has 1 heterocycles. The van der Waals surface area contributed by atoms with Crippen LogP contribution in [0.2, 0.25) is 0 Å². The van der Waals surface area contributed by atoms with E-state index in [1.165, 1.54) is 6.21 Å². The molecule has 7 nitrogen and oxygen atoms in total. The summed E-state index contributed by atoms with van der Waals surface area (Å²) in [6, 6.07) is 7.55. The summed E-state index contributed by atoms with van der Waals surface area (Å²) in [7, 11) is 1.59. The highest BCUT2D eigenvalue weighted by atomic mass is 16.5. The Morgan fingerprint density at radius 3 is 3.00 bits per heavy atom. The number of benzene rings is 1. The Morgan fingerprint density at radius 2 is 2.32 bits per heavy atom. The van der Waals surface area contributed by atoms with Crippen molar-refractivity contribution < 1.29 is 14.3 Å². The molecule has 1 aromatic rings. The summed E-state index contributed by atoms with van der Waals surface area (Å²) in [5.41, 5.74) is 4.09. The summed E-state index contributed by atoms with van der Waals surface area (Å²) < 4.78 is 10.7. The SMILES string of the molecule is COc1cc(N2CCOCC2)ccc1/C=N\NC(=O)CC#N. The summed E-state index contributed by atoms with van der Waals surface area (Å²) in [6.07, 6.45) is 1.28. The van der Waals surface area contributed by atoms with Gasteiger partial charge in [0.25, 0.3) is 5.91 Å². The van der Waals surface area contributed by atoms with Crippen molar-refractivity contribution in [3.63, 3.8) is 0 Å². The first-order valence-corrected chi connectivity index (χ1v) is 6.94. The average Bonchev–Trinajstić information content (AvgIpc) is 2.56. The number of morpholine rings is 1. The fourth-order valence-electron chi connectivity index (χ4n) is 2.11. The number of methoxy groups -OCH3 is 1. The zero-order chi connectivity index (χ0) is 15.8. The fraction of sp³-hybridized carbons (Fsp3) is 0.400. The third-order valence-electron chi connectivity index (χ3n) is 3.23. The first-order chi connectivity index (χ1) is 10.7. The zero-order valence-electron chi connectivity index (χ0n) is 12.4. The van der Waals surface area contributed by atoms with Crippen LogP contribution in [0.15, 0.2) is 23.3 Å². The second kappa shape index (κ2) is 8.00. The molecule has 1 N–H and O–H groups in total. The third-order valence-corrected chi connectivity index (χ3v) is 3.23. The lowest BCUT2D eigenvalue weighted by Crippen LogP contribution is -2.36. The number of carbonyl (C=O) groups excluding carboxylic acids is 1. The van der Waals surface area contributed by atoms with Crippen LogP contribution in [0.5, 0.6) is 5.75 Å². The van der Waals surface area contributed by atoms with E-state index in [2.05, 4.69) is 15.4 Å². The minimum Gasteiger partial charge on any atom is -0.496 e. The van der Waals surface area contributed by atoms with E-state index in [4.69, 9.17) is 14.7 Å². The molecule has 1 fully saturated rings. The Morgan fingerprint density at radius 1 is 1.55 bits per heavy atom. The van der Waals surface area contributed by atoms with Gasteiger partial charge in [-0.25, -0.2) is 5.43 Å². The normalized spacial score (nSPS) is 14.6. The first kappa shape index (κ1) is 15.8. The van der Waals surface area contributed by atoms with Gasteiger partial charge in [-0.3, -0.25) is 4.79 Å². The van der Waals surface area contributed by atoms with Crippen molar-refractivity contribution >= 4 is 17.8 Å². The van der Waals surface area contributed by atoms with Crippen LogP contribution >= 0.6 is 0 Å². The maximum atomic E-state index is 11.2. The molecule has 1 amide bonds. The van der Waals surface area contributed by atoms with E-state index < -0.39 is 5.91 Å². The molecule has 0 saturated carbocycles. The van der Waals surface area contributed by atoms with Crippen LogP contribution < -0.4 is 15.1 Å². The molecule has 0 aliphatic carbocycles. The Labute approximate surface area is 129 Å². The Balaban J connectivity index is 2.07. The highest BCUT2D eigenvalue weighted by Gasteiger charge is 2.13.